The average molecular weight is 348 g/mol. The van der Waals surface area contributed by atoms with Gasteiger partial charge in [0.25, 0.3) is 5.56 Å². The lowest BCUT2D eigenvalue weighted by Gasteiger charge is -2.13. The molecule has 10 heteroatoms. The van der Waals surface area contributed by atoms with Gasteiger partial charge in [-0.15, -0.1) is 5.10 Å². The van der Waals surface area contributed by atoms with Crippen LogP contribution in [0.5, 0.6) is 0 Å². The van der Waals surface area contributed by atoms with Gasteiger partial charge in [-0.25, -0.2) is 9.48 Å². The minimum Gasteiger partial charge on any atom is -0.481 e. The van der Waals surface area contributed by atoms with Crippen LogP contribution in [-0.2, 0) is 20.9 Å². The Balaban J connectivity index is 1.99. The van der Waals surface area contributed by atoms with Crippen LogP contribution in [0.25, 0.3) is 10.9 Å². The minimum absolute atomic E-state index is 0.0756. The highest BCUT2D eigenvalue weighted by Gasteiger charge is 2.21. The van der Waals surface area contributed by atoms with Crippen molar-refractivity contribution in [2.75, 3.05) is 0 Å². The molecule has 10 nitrogen and oxygen atoms in total. The average Bonchev–Trinajstić information content (AvgIpc) is 2.57. The van der Waals surface area contributed by atoms with Crippen molar-refractivity contribution in [2.45, 2.75) is 31.8 Å². The van der Waals surface area contributed by atoms with Gasteiger partial charge < -0.3 is 15.5 Å². The van der Waals surface area contributed by atoms with Crippen molar-refractivity contribution in [3.8, 4) is 0 Å². The van der Waals surface area contributed by atoms with Crippen LogP contribution >= 0.6 is 0 Å². The molecule has 1 aromatic heterocycles. The summed E-state index contributed by atoms with van der Waals surface area (Å²) in [7, 11) is 0. The van der Waals surface area contributed by atoms with Gasteiger partial charge in [-0.1, -0.05) is 17.3 Å². The van der Waals surface area contributed by atoms with Gasteiger partial charge in [0.2, 0.25) is 5.91 Å². The first-order chi connectivity index (χ1) is 11.9. The zero-order valence-electron chi connectivity index (χ0n) is 13.1. The maximum Gasteiger partial charge on any atom is 0.326 e. The van der Waals surface area contributed by atoms with E-state index >= 15 is 0 Å². The number of aromatic nitrogens is 3. The molecule has 1 amide bonds. The number of nitrogens with one attached hydrogen (secondary N) is 1. The van der Waals surface area contributed by atoms with E-state index in [4.69, 9.17) is 10.2 Å². The lowest BCUT2D eigenvalue weighted by molar-refractivity contribution is -0.143. The fourth-order valence-electron chi connectivity index (χ4n) is 2.17. The van der Waals surface area contributed by atoms with Crippen LogP contribution in [0.3, 0.4) is 0 Å². The Bertz CT molecular complexity index is 862. The summed E-state index contributed by atoms with van der Waals surface area (Å²) in [5, 5.41) is 27.8. The molecule has 0 aliphatic heterocycles. The maximum atomic E-state index is 12.2. The second kappa shape index (κ2) is 7.99. The van der Waals surface area contributed by atoms with Crippen molar-refractivity contribution in [2.24, 2.45) is 0 Å². The number of carboxylic acid groups (broad SMARTS) is 2. The maximum absolute atomic E-state index is 12.2. The van der Waals surface area contributed by atoms with Gasteiger partial charge in [-0.2, -0.15) is 0 Å². The number of aliphatic carboxylic acids is 2. The third kappa shape index (κ3) is 4.83. The van der Waals surface area contributed by atoms with E-state index in [2.05, 4.69) is 15.6 Å². The van der Waals surface area contributed by atoms with Crippen LogP contribution in [0.1, 0.15) is 19.3 Å². The van der Waals surface area contributed by atoms with Crippen molar-refractivity contribution in [3.05, 3.63) is 34.6 Å². The molecular formula is C15H16N4O6. The first-order valence-electron chi connectivity index (χ1n) is 7.45. The van der Waals surface area contributed by atoms with E-state index in [0.29, 0.717) is 10.9 Å². The summed E-state index contributed by atoms with van der Waals surface area (Å²) in [6.07, 6.45) is -0.803. The van der Waals surface area contributed by atoms with E-state index in [1.54, 1.807) is 24.3 Å². The molecule has 25 heavy (non-hydrogen) atoms. The SMILES string of the molecule is O=C(O)CC[C@H](NC(=O)CCn1nnc2ccccc2c1=O)C(=O)O. The quantitative estimate of drug-likeness (QED) is 0.583. The molecular weight excluding hydrogens is 332 g/mol. The second-order valence-electron chi connectivity index (χ2n) is 5.28. The highest BCUT2D eigenvalue weighted by Crippen LogP contribution is 2.04. The minimum atomic E-state index is -1.32. The van der Waals surface area contributed by atoms with Gasteiger partial charge in [0.15, 0.2) is 0 Å². The second-order valence-corrected chi connectivity index (χ2v) is 5.28. The molecule has 1 aromatic carbocycles. The zero-order chi connectivity index (χ0) is 18.4. The number of hydrogen-bond acceptors (Lipinski definition) is 6. The first kappa shape index (κ1) is 18.0. The monoisotopic (exact) mass is 348 g/mol. The summed E-state index contributed by atoms with van der Waals surface area (Å²) in [5.41, 5.74) is 0.0341. The number of nitrogens with zero attached hydrogens (tertiary/aromatic N) is 3. The van der Waals surface area contributed by atoms with E-state index in [1.807, 2.05) is 0 Å². The van der Waals surface area contributed by atoms with Gasteiger partial charge in [-0.05, 0) is 18.6 Å². The van der Waals surface area contributed by atoms with Gasteiger partial charge in [0.05, 0.1) is 11.9 Å². The van der Waals surface area contributed by atoms with Gasteiger partial charge in [0.1, 0.15) is 11.6 Å². The molecule has 0 fully saturated rings. The van der Waals surface area contributed by atoms with Crippen LogP contribution in [0.15, 0.2) is 29.1 Å². The van der Waals surface area contributed by atoms with Crippen molar-refractivity contribution >= 4 is 28.7 Å². The zero-order valence-corrected chi connectivity index (χ0v) is 13.1. The number of aryl methyl sites for hydroxylation is 1. The third-order valence-corrected chi connectivity index (χ3v) is 3.46. The predicted molar refractivity (Wildman–Crippen MR) is 84.9 cm³/mol. The Morgan fingerprint density at radius 2 is 1.88 bits per heavy atom. The van der Waals surface area contributed by atoms with E-state index < -0.39 is 29.4 Å². The predicted octanol–water partition coefficient (Wildman–Crippen LogP) is -0.384. The highest BCUT2D eigenvalue weighted by molar-refractivity contribution is 5.84. The van der Waals surface area contributed by atoms with Crippen LogP contribution in [0.4, 0.5) is 0 Å². The Hall–Kier alpha value is -3.30. The van der Waals surface area contributed by atoms with E-state index in [9.17, 15) is 19.2 Å². The summed E-state index contributed by atoms with van der Waals surface area (Å²) in [6.45, 7) is -0.0756. The summed E-state index contributed by atoms with van der Waals surface area (Å²) in [5.74, 6) is -3.10. The third-order valence-electron chi connectivity index (χ3n) is 3.46. The summed E-state index contributed by atoms with van der Waals surface area (Å²) >= 11 is 0. The topological polar surface area (TPSA) is 151 Å². The Morgan fingerprint density at radius 3 is 2.56 bits per heavy atom. The number of benzene rings is 1. The summed E-state index contributed by atoms with van der Waals surface area (Å²) in [4.78, 5) is 45.6. The van der Waals surface area contributed by atoms with Crippen molar-refractivity contribution in [1.29, 1.82) is 0 Å². The van der Waals surface area contributed by atoms with E-state index in [0.717, 1.165) is 4.68 Å². The lowest BCUT2D eigenvalue weighted by Crippen LogP contribution is -2.41. The fourth-order valence-corrected chi connectivity index (χ4v) is 2.17. The van der Waals surface area contributed by atoms with Crippen LogP contribution in [0, 0.1) is 0 Å². The number of fused-ring (bicyclic) bond motifs is 1. The molecule has 0 spiro atoms. The van der Waals surface area contributed by atoms with Crippen molar-refractivity contribution in [3.63, 3.8) is 0 Å². The molecule has 132 valence electrons. The molecule has 0 radical (unpaired) electrons. The molecule has 0 bridgehead atoms. The molecule has 1 atom stereocenters. The van der Waals surface area contributed by atoms with Gasteiger partial charge in [0, 0.05) is 12.8 Å². The molecule has 2 rings (SSSR count). The standard InChI is InChI=1S/C15H16N4O6/c20-12(16-11(15(24)25)5-6-13(21)22)7-8-19-14(23)9-3-1-2-4-10(9)17-18-19/h1-4,11H,5-8H2,(H,16,20)(H,21,22)(H,24,25)/t11-/m0/s1. The number of carbonyl (C=O) groups is 3. The largest absolute Gasteiger partial charge is 0.481 e. The molecule has 1 heterocycles. The molecule has 0 aliphatic carbocycles. The molecule has 2 aromatic rings. The fraction of sp³-hybridized carbons (Fsp3) is 0.333. The highest BCUT2D eigenvalue weighted by atomic mass is 16.4. The van der Waals surface area contributed by atoms with Crippen molar-refractivity contribution in [1.82, 2.24) is 20.3 Å². The normalized spacial score (nSPS) is 11.8. The van der Waals surface area contributed by atoms with Gasteiger partial charge >= 0.3 is 11.9 Å². The number of hydrogen-bond donors (Lipinski definition) is 3. The number of carbonyl (C=O) groups excluding carboxylic acids is 1. The first-order valence-corrected chi connectivity index (χ1v) is 7.45. The smallest absolute Gasteiger partial charge is 0.326 e. The molecule has 0 saturated carbocycles. The van der Waals surface area contributed by atoms with Crippen LogP contribution < -0.4 is 10.9 Å². The number of carboxylic acids is 2. The summed E-state index contributed by atoms with van der Waals surface area (Å²) in [6, 6.07) is 5.33. The lowest BCUT2D eigenvalue weighted by atomic mass is 10.1. The van der Waals surface area contributed by atoms with Crippen molar-refractivity contribution < 1.29 is 24.6 Å². The summed E-state index contributed by atoms with van der Waals surface area (Å²) < 4.78 is 1.02. The van der Waals surface area contributed by atoms with E-state index in [-0.39, 0.29) is 25.8 Å². The number of rotatable bonds is 8. The van der Waals surface area contributed by atoms with Gasteiger partial charge in [-0.3, -0.25) is 14.4 Å². The molecule has 0 saturated heterocycles. The Labute approximate surface area is 141 Å². The molecule has 3 N–H and O–H groups in total. The molecule has 0 aliphatic rings. The van der Waals surface area contributed by atoms with E-state index in [1.165, 1.54) is 0 Å². The van der Waals surface area contributed by atoms with Crippen LogP contribution in [0.2, 0.25) is 0 Å². The number of amides is 1. The Morgan fingerprint density at radius 1 is 1.16 bits per heavy atom. The Kier molecular flexibility index (Phi) is 5.77. The van der Waals surface area contributed by atoms with Crippen LogP contribution in [-0.4, -0.2) is 49.1 Å². The molecule has 0 unspecified atom stereocenters.